The summed E-state index contributed by atoms with van der Waals surface area (Å²) >= 11 is 0. The zero-order chi connectivity index (χ0) is 10.7. The minimum atomic E-state index is -0.361. The highest BCUT2D eigenvalue weighted by atomic mass is 16.2. The maximum absolute atomic E-state index is 11.9. The van der Waals surface area contributed by atoms with Crippen LogP contribution in [0.3, 0.4) is 0 Å². The highest BCUT2D eigenvalue weighted by molar-refractivity contribution is 5.93. The number of aromatic amines is 1. The van der Waals surface area contributed by atoms with Gasteiger partial charge >= 0.3 is 0 Å². The average Bonchev–Trinajstić information content (AvgIpc) is 2.30. The van der Waals surface area contributed by atoms with Gasteiger partial charge in [0.15, 0.2) is 0 Å². The van der Waals surface area contributed by atoms with Crippen LogP contribution < -0.4 is 5.56 Å². The van der Waals surface area contributed by atoms with Crippen LogP contribution in [0.1, 0.15) is 29.6 Å². The van der Waals surface area contributed by atoms with E-state index in [1.54, 1.807) is 4.90 Å². The van der Waals surface area contributed by atoms with Gasteiger partial charge in [0.2, 0.25) is 0 Å². The van der Waals surface area contributed by atoms with Gasteiger partial charge in [0.05, 0.1) is 6.33 Å². The number of nitrogens with zero attached hydrogens (tertiary/aromatic N) is 2. The Morgan fingerprint density at radius 3 is 2.73 bits per heavy atom. The third-order valence-electron chi connectivity index (χ3n) is 2.59. The monoisotopic (exact) mass is 207 g/mol. The van der Waals surface area contributed by atoms with Crippen molar-refractivity contribution in [1.29, 1.82) is 0 Å². The van der Waals surface area contributed by atoms with E-state index in [1.165, 1.54) is 12.5 Å². The molecule has 0 spiro atoms. The van der Waals surface area contributed by atoms with E-state index >= 15 is 0 Å². The molecule has 2 rings (SSSR count). The van der Waals surface area contributed by atoms with Crippen LogP contribution in [0.15, 0.2) is 17.3 Å². The van der Waals surface area contributed by atoms with Crippen molar-refractivity contribution in [2.24, 2.45) is 0 Å². The molecule has 0 atom stereocenters. The molecular weight excluding hydrogens is 194 g/mol. The summed E-state index contributed by atoms with van der Waals surface area (Å²) in [7, 11) is 0. The first kappa shape index (κ1) is 9.89. The molecule has 1 N–H and O–H groups in total. The van der Waals surface area contributed by atoms with Crippen LogP contribution in [0.25, 0.3) is 0 Å². The number of carbonyl (C=O) groups is 1. The molecule has 1 aromatic rings. The SMILES string of the molecule is O=C(c1cnc[nH]c1=O)N1CCCCC1. The highest BCUT2D eigenvalue weighted by Crippen LogP contribution is 2.10. The Morgan fingerprint density at radius 2 is 2.07 bits per heavy atom. The fourth-order valence-corrected chi connectivity index (χ4v) is 1.76. The quantitative estimate of drug-likeness (QED) is 0.724. The molecule has 0 bridgehead atoms. The molecule has 1 aliphatic heterocycles. The summed E-state index contributed by atoms with van der Waals surface area (Å²) in [6.45, 7) is 1.49. The molecule has 0 radical (unpaired) electrons. The predicted molar refractivity (Wildman–Crippen MR) is 54.6 cm³/mol. The molecule has 0 saturated carbocycles. The Bertz CT molecular complexity index is 407. The van der Waals surface area contributed by atoms with Gasteiger partial charge in [-0.05, 0) is 19.3 Å². The van der Waals surface area contributed by atoms with Gasteiger partial charge in [0.25, 0.3) is 11.5 Å². The second-order valence-corrected chi connectivity index (χ2v) is 3.65. The molecule has 80 valence electrons. The van der Waals surface area contributed by atoms with Crippen LogP contribution in [0.2, 0.25) is 0 Å². The van der Waals surface area contributed by atoms with Gasteiger partial charge in [0, 0.05) is 19.3 Å². The first-order valence-electron chi connectivity index (χ1n) is 5.11. The number of amides is 1. The predicted octanol–water partition coefficient (Wildman–Crippen LogP) is 0.396. The lowest BCUT2D eigenvalue weighted by molar-refractivity contribution is 0.0722. The van der Waals surface area contributed by atoms with E-state index in [4.69, 9.17) is 0 Å². The van der Waals surface area contributed by atoms with Gasteiger partial charge in [-0.3, -0.25) is 9.59 Å². The summed E-state index contributed by atoms with van der Waals surface area (Å²) in [6, 6.07) is 0. The van der Waals surface area contributed by atoms with E-state index in [2.05, 4.69) is 9.97 Å². The molecule has 0 aromatic carbocycles. The van der Waals surface area contributed by atoms with Crippen molar-refractivity contribution in [2.45, 2.75) is 19.3 Å². The molecule has 2 heterocycles. The number of likely N-dealkylation sites (tertiary alicyclic amines) is 1. The summed E-state index contributed by atoms with van der Waals surface area (Å²) in [5, 5.41) is 0. The molecule has 1 fully saturated rings. The molecule has 15 heavy (non-hydrogen) atoms. The Morgan fingerprint density at radius 1 is 1.33 bits per heavy atom. The van der Waals surface area contributed by atoms with E-state index in [0.717, 1.165) is 32.4 Å². The van der Waals surface area contributed by atoms with Crippen molar-refractivity contribution >= 4 is 5.91 Å². The minimum Gasteiger partial charge on any atom is -0.338 e. The van der Waals surface area contributed by atoms with Gasteiger partial charge in [-0.1, -0.05) is 0 Å². The second kappa shape index (κ2) is 4.25. The van der Waals surface area contributed by atoms with Crippen molar-refractivity contribution in [2.75, 3.05) is 13.1 Å². The van der Waals surface area contributed by atoms with Crippen LogP contribution >= 0.6 is 0 Å². The first-order chi connectivity index (χ1) is 7.29. The third-order valence-corrected chi connectivity index (χ3v) is 2.59. The molecule has 0 aliphatic carbocycles. The maximum atomic E-state index is 11.9. The number of hydrogen-bond acceptors (Lipinski definition) is 3. The number of hydrogen-bond donors (Lipinski definition) is 1. The summed E-state index contributed by atoms with van der Waals surface area (Å²) in [6.07, 6.45) is 5.81. The first-order valence-corrected chi connectivity index (χ1v) is 5.11. The Balaban J connectivity index is 2.20. The maximum Gasteiger partial charge on any atom is 0.263 e. The lowest BCUT2D eigenvalue weighted by atomic mass is 10.1. The normalized spacial score (nSPS) is 16.4. The molecule has 1 aromatic heterocycles. The smallest absolute Gasteiger partial charge is 0.263 e. The van der Waals surface area contributed by atoms with E-state index in [1.807, 2.05) is 0 Å². The summed E-state index contributed by atoms with van der Waals surface area (Å²) in [5.74, 6) is -0.205. The lowest BCUT2D eigenvalue weighted by Crippen LogP contribution is -2.38. The Kier molecular flexibility index (Phi) is 2.80. The zero-order valence-electron chi connectivity index (χ0n) is 8.40. The Hall–Kier alpha value is -1.65. The number of rotatable bonds is 1. The van der Waals surface area contributed by atoms with Crippen LogP contribution in [0.4, 0.5) is 0 Å². The van der Waals surface area contributed by atoms with Crippen molar-refractivity contribution in [3.63, 3.8) is 0 Å². The van der Waals surface area contributed by atoms with Gasteiger partial charge in [-0.2, -0.15) is 0 Å². The summed E-state index contributed by atoms with van der Waals surface area (Å²) in [4.78, 5) is 31.1. The van der Waals surface area contributed by atoms with Crippen LogP contribution in [-0.2, 0) is 0 Å². The fraction of sp³-hybridized carbons (Fsp3) is 0.500. The van der Waals surface area contributed by atoms with E-state index < -0.39 is 0 Å². The molecule has 0 unspecified atom stereocenters. The minimum absolute atomic E-state index is 0.138. The van der Waals surface area contributed by atoms with E-state index in [0.29, 0.717) is 0 Å². The molecular formula is C10H13N3O2. The number of H-pyrrole nitrogens is 1. The van der Waals surface area contributed by atoms with Crippen LogP contribution in [0, 0.1) is 0 Å². The molecule has 1 aliphatic rings. The van der Waals surface area contributed by atoms with Gasteiger partial charge in [-0.15, -0.1) is 0 Å². The second-order valence-electron chi connectivity index (χ2n) is 3.65. The van der Waals surface area contributed by atoms with Gasteiger partial charge < -0.3 is 9.88 Å². The molecule has 1 saturated heterocycles. The largest absolute Gasteiger partial charge is 0.338 e. The summed E-state index contributed by atoms with van der Waals surface area (Å²) in [5.41, 5.74) is -0.222. The van der Waals surface area contributed by atoms with Gasteiger partial charge in [0.1, 0.15) is 5.56 Å². The standard InChI is InChI=1S/C10H13N3O2/c14-9-8(6-11-7-12-9)10(15)13-4-2-1-3-5-13/h6-7H,1-5H2,(H,11,12,14). The van der Waals surface area contributed by atoms with E-state index in [-0.39, 0.29) is 17.0 Å². The van der Waals surface area contributed by atoms with Crippen molar-refractivity contribution in [1.82, 2.24) is 14.9 Å². The van der Waals surface area contributed by atoms with Crippen molar-refractivity contribution in [3.8, 4) is 0 Å². The third kappa shape index (κ3) is 2.06. The van der Waals surface area contributed by atoms with Crippen LogP contribution in [0.5, 0.6) is 0 Å². The number of aromatic nitrogens is 2. The topological polar surface area (TPSA) is 66.1 Å². The van der Waals surface area contributed by atoms with Crippen molar-refractivity contribution in [3.05, 3.63) is 28.4 Å². The number of piperidine rings is 1. The highest BCUT2D eigenvalue weighted by Gasteiger charge is 2.20. The molecule has 5 heteroatoms. The fourth-order valence-electron chi connectivity index (χ4n) is 1.76. The Labute approximate surface area is 87.1 Å². The zero-order valence-corrected chi connectivity index (χ0v) is 8.40. The molecule has 5 nitrogen and oxygen atoms in total. The van der Waals surface area contributed by atoms with E-state index in [9.17, 15) is 9.59 Å². The van der Waals surface area contributed by atoms with Crippen molar-refractivity contribution < 1.29 is 4.79 Å². The average molecular weight is 207 g/mol. The molecule has 1 amide bonds. The van der Waals surface area contributed by atoms with Crippen LogP contribution in [-0.4, -0.2) is 33.9 Å². The lowest BCUT2D eigenvalue weighted by Gasteiger charge is -2.26. The summed E-state index contributed by atoms with van der Waals surface area (Å²) < 4.78 is 0. The number of nitrogens with one attached hydrogen (secondary N) is 1. The number of carbonyl (C=O) groups excluding carboxylic acids is 1. The van der Waals surface area contributed by atoms with Gasteiger partial charge in [-0.25, -0.2) is 4.98 Å².